The van der Waals surface area contributed by atoms with Crippen molar-refractivity contribution in [2.45, 2.75) is 17.4 Å². The van der Waals surface area contributed by atoms with E-state index in [9.17, 15) is 17.6 Å². The molecule has 1 aromatic rings. The fourth-order valence-corrected chi connectivity index (χ4v) is 2.81. The van der Waals surface area contributed by atoms with Gasteiger partial charge in [0.05, 0.1) is 23.8 Å². The third-order valence-electron chi connectivity index (χ3n) is 2.71. The summed E-state index contributed by atoms with van der Waals surface area (Å²) in [7, 11) is -4.16. The zero-order valence-electron chi connectivity index (χ0n) is 10.1. The number of carbonyl (C=O) groups excluding carboxylic acids is 1. The van der Waals surface area contributed by atoms with Gasteiger partial charge in [-0.3, -0.25) is 0 Å². The summed E-state index contributed by atoms with van der Waals surface area (Å²) in [5.74, 6) is -1.97. The molecule has 0 amide bonds. The van der Waals surface area contributed by atoms with Crippen LogP contribution >= 0.6 is 11.6 Å². The van der Waals surface area contributed by atoms with Gasteiger partial charge >= 0.3 is 5.97 Å². The summed E-state index contributed by atoms with van der Waals surface area (Å²) < 4.78 is 46.3. The number of hydrogen-bond donors (Lipinski definition) is 1. The molecule has 0 aromatic heterocycles. The van der Waals surface area contributed by atoms with Crippen molar-refractivity contribution in [3.05, 3.63) is 28.5 Å². The second-order valence-corrected chi connectivity index (χ2v) is 6.14. The lowest BCUT2D eigenvalue weighted by atomic mass is 10.2. The van der Waals surface area contributed by atoms with Crippen molar-refractivity contribution < 1.29 is 27.1 Å². The zero-order valence-corrected chi connectivity index (χ0v) is 11.7. The van der Waals surface area contributed by atoms with Gasteiger partial charge in [0, 0.05) is 6.42 Å². The molecular weight excluding hydrogens is 313 g/mol. The molecule has 2 rings (SSSR count). The highest BCUT2D eigenvalue weighted by atomic mass is 35.5. The van der Waals surface area contributed by atoms with E-state index < -0.39 is 43.4 Å². The second kappa shape index (κ2) is 5.65. The predicted molar refractivity (Wildman–Crippen MR) is 67.4 cm³/mol. The molecule has 1 atom stereocenters. The van der Waals surface area contributed by atoms with Gasteiger partial charge in [-0.05, 0) is 12.1 Å². The van der Waals surface area contributed by atoms with Crippen LogP contribution in [-0.2, 0) is 19.5 Å². The maximum absolute atomic E-state index is 13.7. The summed E-state index contributed by atoms with van der Waals surface area (Å²) in [6.07, 6.45) is 0.0266. The number of hydrogen-bond acceptors (Lipinski definition) is 5. The van der Waals surface area contributed by atoms with E-state index in [4.69, 9.17) is 26.2 Å². The lowest BCUT2D eigenvalue weighted by Gasteiger charge is -2.11. The monoisotopic (exact) mass is 323 g/mol. The molecular formula is C11H11ClFNO5S. The van der Waals surface area contributed by atoms with Crippen molar-refractivity contribution in [1.29, 1.82) is 0 Å². The average Bonchev–Trinajstić information content (AvgIpc) is 2.79. The Morgan fingerprint density at radius 3 is 2.75 bits per heavy atom. The van der Waals surface area contributed by atoms with Crippen molar-refractivity contribution in [3.63, 3.8) is 0 Å². The highest BCUT2D eigenvalue weighted by molar-refractivity contribution is 7.89. The highest BCUT2D eigenvalue weighted by Gasteiger charge is 2.25. The van der Waals surface area contributed by atoms with Gasteiger partial charge in [-0.2, -0.15) is 0 Å². The first kappa shape index (κ1) is 15.2. The van der Waals surface area contributed by atoms with Gasteiger partial charge in [0.2, 0.25) is 10.0 Å². The third kappa shape index (κ3) is 3.26. The van der Waals surface area contributed by atoms with Crippen LogP contribution in [0.1, 0.15) is 16.8 Å². The Morgan fingerprint density at radius 2 is 2.20 bits per heavy atom. The SMILES string of the molecule is NS(=O)(=O)c1cc(C(=O)OC2CCOC2)c(F)cc1Cl. The molecule has 0 radical (unpaired) electrons. The molecule has 0 spiro atoms. The Kier molecular flexibility index (Phi) is 4.28. The van der Waals surface area contributed by atoms with Gasteiger partial charge in [0.1, 0.15) is 16.8 Å². The van der Waals surface area contributed by atoms with E-state index in [1.54, 1.807) is 0 Å². The molecule has 6 nitrogen and oxygen atoms in total. The van der Waals surface area contributed by atoms with E-state index in [2.05, 4.69) is 0 Å². The van der Waals surface area contributed by atoms with Crippen molar-refractivity contribution in [3.8, 4) is 0 Å². The largest absolute Gasteiger partial charge is 0.456 e. The molecule has 0 bridgehead atoms. The van der Waals surface area contributed by atoms with Crippen LogP contribution in [0.2, 0.25) is 5.02 Å². The van der Waals surface area contributed by atoms with Gasteiger partial charge in [-0.25, -0.2) is 22.7 Å². The summed E-state index contributed by atoms with van der Waals surface area (Å²) in [4.78, 5) is 11.3. The first-order valence-electron chi connectivity index (χ1n) is 5.59. The van der Waals surface area contributed by atoms with Crippen LogP contribution in [0.25, 0.3) is 0 Å². The Bertz CT molecular complexity index is 642. The van der Waals surface area contributed by atoms with Crippen molar-refractivity contribution in [2.75, 3.05) is 13.2 Å². The fourth-order valence-electron chi connectivity index (χ4n) is 1.72. The van der Waals surface area contributed by atoms with E-state index in [1.807, 2.05) is 0 Å². The maximum Gasteiger partial charge on any atom is 0.341 e. The topological polar surface area (TPSA) is 95.7 Å². The predicted octanol–water partition coefficient (Wildman–Crippen LogP) is 1.07. The zero-order chi connectivity index (χ0) is 14.9. The van der Waals surface area contributed by atoms with Crippen LogP contribution in [0.4, 0.5) is 4.39 Å². The maximum atomic E-state index is 13.7. The molecule has 1 fully saturated rings. The van der Waals surface area contributed by atoms with E-state index in [0.717, 1.165) is 6.07 Å². The third-order valence-corrected chi connectivity index (χ3v) is 4.09. The standard InChI is InChI=1S/C11H11ClFNO5S/c12-8-4-9(13)7(3-10(8)20(14,16)17)11(15)19-6-1-2-18-5-6/h3-4,6H,1-2,5H2,(H2,14,16,17). The summed E-state index contributed by atoms with van der Waals surface area (Å²) in [5, 5.41) is 4.54. The number of nitrogens with two attached hydrogens (primary N) is 1. The van der Waals surface area contributed by atoms with Crippen LogP contribution in [0.15, 0.2) is 17.0 Å². The van der Waals surface area contributed by atoms with Crippen molar-refractivity contribution in [2.24, 2.45) is 5.14 Å². The second-order valence-electron chi connectivity index (χ2n) is 4.20. The minimum absolute atomic E-state index is 0.225. The van der Waals surface area contributed by atoms with Gasteiger partial charge in [0.15, 0.2) is 0 Å². The molecule has 110 valence electrons. The van der Waals surface area contributed by atoms with Crippen molar-refractivity contribution >= 4 is 27.6 Å². The van der Waals surface area contributed by atoms with Gasteiger partial charge < -0.3 is 9.47 Å². The van der Waals surface area contributed by atoms with Crippen LogP contribution < -0.4 is 5.14 Å². The van der Waals surface area contributed by atoms with Gasteiger partial charge in [0.25, 0.3) is 0 Å². The molecule has 1 aliphatic rings. The average molecular weight is 324 g/mol. The number of sulfonamides is 1. The summed E-state index contributed by atoms with van der Waals surface area (Å²) >= 11 is 5.59. The lowest BCUT2D eigenvalue weighted by Crippen LogP contribution is -2.20. The van der Waals surface area contributed by atoms with E-state index in [0.29, 0.717) is 19.1 Å². The number of rotatable bonds is 3. The normalized spacial score (nSPS) is 19.1. The molecule has 1 aliphatic heterocycles. The van der Waals surface area contributed by atoms with E-state index >= 15 is 0 Å². The molecule has 1 unspecified atom stereocenters. The Balaban J connectivity index is 2.33. The molecule has 9 heteroatoms. The molecule has 2 N–H and O–H groups in total. The van der Waals surface area contributed by atoms with Crippen LogP contribution in [0.5, 0.6) is 0 Å². The molecule has 0 aliphatic carbocycles. The fraction of sp³-hybridized carbons (Fsp3) is 0.364. The smallest absolute Gasteiger partial charge is 0.341 e. The Morgan fingerprint density at radius 1 is 1.50 bits per heavy atom. The molecule has 0 saturated carbocycles. The summed E-state index contributed by atoms with van der Waals surface area (Å²) in [6, 6.07) is 1.48. The minimum Gasteiger partial charge on any atom is -0.456 e. The lowest BCUT2D eigenvalue weighted by molar-refractivity contribution is 0.0265. The Hall–Kier alpha value is -1.22. The number of carbonyl (C=O) groups is 1. The Labute approximate surface area is 119 Å². The highest BCUT2D eigenvalue weighted by Crippen LogP contribution is 2.25. The number of halogens is 2. The number of benzene rings is 1. The van der Waals surface area contributed by atoms with Crippen LogP contribution in [0.3, 0.4) is 0 Å². The quantitative estimate of drug-likeness (QED) is 0.839. The minimum atomic E-state index is -4.16. The first-order chi connectivity index (χ1) is 9.29. The van der Waals surface area contributed by atoms with E-state index in [-0.39, 0.29) is 6.61 Å². The molecule has 20 heavy (non-hydrogen) atoms. The van der Waals surface area contributed by atoms with Gasteiger partial charge in [-0.15, -0.1) is 0 Å². The van der Waals surface area contributed by atoms with Crippen molar-refractivity contribution in [1.82, 2.24) is 0 Å². The van der Waals surface area contributed by atoms with Crippen LogP contribution in [0, 0.1) is 5.82 Å². The van der Waals surface area contributed by atoms with Crippen LogP contribution in [-0.4, -0.2) is 33.7 Å². The van der Waals surface area contributed by atoms with Gasteiger partial charge in [-0.1, -0.05) is 11.6 Å². The molecule has 1 saturated heterocycles. The number of ether oxygens (including phenoxy) is 2. The van der Waals surface area contributed by atoms with E-state index in [1.165, 1.54) is 0 Å². The molecule has 1 aromatic carbocycles. The number of esters is 1. The number of primary sulfonamides is 1. The summed E-state index contributed by atoms with van der Waals surface area (Å²) in [6.45, 7) is 0.673. The first-order valence-corrected chi connectivity index (χ1v) is 7.52. The molecule has 1 heterocycles. The summed E-state index contributed by atoms with van der Waals surface area (Å²) in [5.41, 5.74) is -0.537.